The molecular formula is C8H8IO. The normalized spacial score (nSPS) is 9.40. The van der Waals surface area contributed by atoms with Crippen LogP contribution in [0.4, 0.5) is 0 Å². The summed E-state index contributed by atoms with van der Waals surface area (Å²) in [7, 11) is 0. The third-order valence-electron chi connectivity index (χ3n) is 1.08. The van der Waals surface area contributed by atoms with Crippen molar-refractivity contribution in [1.82, 2.24) is 0 Å². The molecule has 1 aromatic rings. The number of halogens is 1. The second-order valence-corrected chi connectivity index (χ2v) is 3.05. The Morgan fingerprint density at radius 3 is 2.40 bits per heavy atom. The van der Waals surface area contributed by atoms with E-state index in [1.807, 2.05) is 24.3 Å². The molecule has 0 saturated carbocycles. The summed E-state index contributed by atoms with van der Waals surface area (Å²) in [6.07, 6.45) is 0. The molecule has 0 bridgehead atoms. The summed E-state index contributed by atoms with van der Waals surface area (Å²) in [6, 6.07) is 7.89. The van der Waals surface area contributed by atoms with Crippen molar-refractivity contribution in [3.63, 3.8) is 0 Å². The first kappa shape index (κ1) is 7.85. The Labute approximate surface area is 74.5 Å². The van der Waals surface area contributed by atoms with Gasteiger partial charge in [0.2, 0.25) is 0 Å². The van der Waals surface area contributed by atoms with E-state index in [0.717, 1.165) is 5.75 Å². The molecule has 0 saturated heterocycles. The first-order chi connectivity index (χ1) is 4.83. The summed E-state index contributed by atoms with van der Waals surface area (Å²) in [5.74, 6) is 0.885. The van der Waals surface area contributed by atoms with E-state index in [9.17, 15) is 0 Å². The van der Waals surface area contributed by atoms with Gasteiger partial charge < -0.3 is 4.74 Å². The van der Waals surface area contributed by atoms with Crippen molar-refractivity contribution < 1.29 is 4.74 Å². The smallest absolute Gasteiger partial charge is 0.119 e. The maximum atomic E-state index is 5.15. The molecule has 53 valence electrons. The van der Waals surface area contributed by atoms with Crippen molar-refractivity contribution in [3.8, 4) is 5.75 Å². The van der Waals surface area contributed by atoms with Crippen molar-refractivity contribution in [2.75, 3.05) is 6.61 Å². The van der Waals surface area contributed by atoms with E-state index in [2.05, 4.69) is 29.5 Å². The number of ether oxygens (including phenoxy) is 1. The molecule has 1 radical (unpaired) electrons. The highest BCUT2D eigenvalue weighted by atomic mass is 127. The van der Waals surface area contributed by atoms with Gasteiger partial charge in [-0.3, -0.25) is 0 Å². The Kier molecular flexibility index (Phi) is 2.99. The Morgan fingerprint density at radius 2 is 1.90 bits per heavy atom. The summed E-state index contributed by atoms with van der Waals surface area (Å²) >= 11 is 2.25. The van der Waals surface area contributed by atoms with Crippen molar-refractivity contribution in [2.45, 2.75) is 0 Å². The standard InChI is InChI=1S/C8H8IO/c1-2-10-8-5-3-7(9)4-6-8/h3-6H,1-2H2. The van der Waals surface area contributed by atoms with E-state index in [4.69, 9.17) is 4.74 Å². The van der Waals surface area contributed by atoms with Crippen LogP contribution in [-0.2, 0) is 0 Å². The minimum Gasteiger partial charge on any atom is -0.494 e. The van der Waals surface area contributed by atoms with Crippen LogP contribution in [0.3, 0.4) is 0 Å². The van der Waals surface area contributed by atoms with Crippen molar-refractivity contribution in [2.24, 2.45) is 0 Å². The summed E-state index contributed by atoms with van der Waals surface area (Å²) in [6.45, 7) is 4.07. The third-order valence-corrected chi connectivity index (χ3v) is 1.80. The van der Waals surface area contributed by atoms with Crippen molar-refractivity contribution in [3.05, 3.63) is 34.8 Å². The molecular weight excluding hydrogens is 239 g/mol. The van der Waals surface area contributed by atoms with Crippen molar-refractivity contribution >= 4 is 22.6 Å². The molecule has 0 unspecified atom stereocenters. The van der Waals surface area contributed by atoms with Crippen LogP contribution in [-0.4, -0.2) is 6.61 Å². The third kappa shape index (κ3) is 2.17. The predicted octanol–water partition coefficient (Wildman–Crippen LogP) is 2.50. The van der Waals surface area contributed by atoms with Gasteiger partial charge in [-0.05, 0) is 53.8 Å². The summed E-state index contributed by atoms with van der Waals surface area (Å²) in [4.78, 5) is 0. The molecule has 0 aliphatic rings. The van der Waals surface area contributed by atoms with Gasteiger partial charge in [0.1, 0.15) is 5.75 Å². The monoisotopic (exact) mass is 247 g/mol. The molecule has 0 atom stereocenters. The van der Waals surface area contributed by atoms with E-state index < -0.39 is 0 Å². The van der Waals surface area contributed by atoms with Crippen molar-refractivity contribution in [1.29, 1.82) is 0 Å². The maximum absolute atomic E-state index is 5.15. The summed E-state index contributed by atoms with van der Waals surface area (Å²) < 4.78 is 6.36. The zero-order valence-corrected chi connectivity index (χ0v) is 7.67. The zero-order chi connectivity index (χ0) is 7.40. The second kappa shape index (κ2) is 3.81. The first-order valence-electron chi connectivity index (χ1n) is 3.00. The fourth-order valence-corrected chi connectivity index (χ4v) is 1.01. The van der Waals surface area contributed by atoms with E-state index in [0.29, 0.717) is 6.61 Å². The van der Waals surface area contributed by atoms with Crippen LogP contribution in [0.1, 0.15) is 0 Å². The highest BCUT2D eigenvalue weighted by molar-refractivity contribution is 14.1. The van der Waals surface area contributed by atoms with Crippen LogP contribution in [0.25, 0.3) is 0 Å². The minimum absolute atomic E-state index is 0.487. The average Bonchev–Trinajstić information content (AvgIpc) is 1.95. The lowest BCUT2D eigenvalue weighted by Crippen LogP contribution is -1.90. The number of hydrogen-bond acceptors (Lipinski definition) is 1. The molecule has 0 aliphatic carbocycles. The van der Waals surface area contributed by atoms with Gasteiger partial charge in [0.25, 0.3) is 0 Å². The van der Waals surface area contributed by atoms with Crippen LogP contribution >= 0.6 is 22.6 Å². The van der Waals surface area contributed by atoms with Gasteiger partial charge in [0.15, 0.2) is 0 Å². The molecule has 2 heteroatoms. The van der Waals surface area contributed by atoms with Crippen LogP contribution in [0.2, 0.25) is 0 Å². The lowest BCUT2D eigenvalue weighted by atomic mass is 10.3. The molecule has 10 heavy (non-hydrogen) atoms. The van der Waals surface area contributed by atoms with Gasteiger partial charge >= 0.3 is 0 Å². The van der Waals surface area contributed by atoms with Gasteiger partial charge in [-0.25, -0.2) is 0 Å². The maximum Gasteiger partial charge on any atom is 0.119 e. The minimum atomic E-state index is 0.487. The number of hydrogen-bond donors (Lipinski definition) is 0. The molecule has 0 amide bonds. The zero-order valence-electron chi connectivity index (χ0n) is 5.51. The Balaban J connectivity index is 2.69. The number of rotatable bonds is 2. The molecule has 0 aromatic heterocycles. The molecule has 0 spiro atoms. The van der Waals surface area contributed by atoms with Crippen LogP contribution in [0.5, 0.6) is 5.75 Å². The van der Waals surface area contributed by atoms with Gasteiger partial charge in [-0.1, -0.05) is 0 Å². The van der Waals surface area contributed by atoms with Gasteiger partial charge in [-0.2, -0.15) is 0 Å². The average molecular weight is 247 g/mol. The lowest BCUT2D eigenvalue weighted by molar-refractivity contribution is 0.361. The van der Waals surface area contributed by atoms with Crippen LogP contribution < -0.4 is 4.74 Å². The van der Waals surface area contributed by atoms with E-state index >= 15 is 0 Å². The second-order valence-electron chi connectivity index (χ2n) is 1.80. The highest BCUT2D eigenvalue weighted by Crippen LogP contribution is 2.12. The van der Waals surface area contributed by atoms with Crippen LogP contribution in [0, 0.1) is 10.5 Å². The van der Waals surface area contributed by atoms with Crippen LogP contribution in [0.15, 0.2) is 24.3 Å². The van der Waals surface area contributed by atoms with Gasteiger partial charge in [-0.15, -0.1) is 0 Å². The molecule has 0 heterocycles. The summed E-state index contributed by atoms with van der Waals surface area (Å²) in [5, 5.41) is 0. The molecule has 0 N–H and O–H groups in total. The van der Waals surface area contributed by atoms with E-state index in [1.165, 1.54) is 3.57 Å². The molecule has 1 rings (SSSR count). The Bertz CT molecular complexity index is 193. The summed E-state index contributed by atoms with van der Waals surface area (Å²) in [5.41, 5.74) is 0. The Morgan fingerprint density at radius 1 is 1.30 bits per heavy atom. The van der Waals surface area contributed by atoms with Gasteiger partial charge in [0.05, 0.1) is 6.61 Å². The van der Waals surface area contributed by atoms with E-state index in [-0.39, 0.29) is 0 Å². The molecule has 1 aromatic carbocycles. The SMILES string of the molecule is [CH2]COc1ccc(I)cc1. The fourth-order valence-electron chi connectivity index (χ4n) is 0.649. The number of benzene rings is 1. The fraction of sp³-hybridized carbons (Fsp3) is 0.125. The lowest BCUT2D eigenvalue weighted by Gasteiger charge is -2.00. The predicted molar refractivity (Wildman–Crippen MR) is 50.0 cm³/mol. The quantitative estimate of drug-likeness (QED) is 0.729. The topological polar surface area (TPSA) is 9.23 Å². The Hall–Kier alpha value is -0.250. The molecule has 0 fully saturated rings. The highest BCUT2D eigenvalue weighted by Gasteiger charge is 1.88. The largest absolute Gasteiger partial charge is 0.494 e. The first-order valence-corrected chi connectivity index (χ1v) is 4.08. The van der Waals surface area contributed by atoms with E-state index in [1.54, 1.807) is 0 Å². The molecule has 0 aliphatic heterocycles. The van der Waals surface area contributed by atoms with Gasteiger partial charge in [0, 0.05) is 3.57 Å². The molecule has 1 nitrogen and oxygen atoms in total.